The Balaban J connectivity index is 1.46. The number of ether oxygens (including phenoxy) is 1. The number of hydrogen-bond donors (Lipinski definition) is 0. The summed E-state index contributed by atoms with van der Waals surface area (Å²) in [6, 6.07) is 10.3. The Bertz CT molecular complexity index is 953. The summed E-state index contributed by atoms with van der Waals surface area (Å²) >= 11 is 0. The zero-order chi connectivity index (χ0) is 19.3. The van der Waals surface area contributed by atoms with Gasteiger partial charge in [-0.1, -0.05) is 0 Å². The molecule has 0 aromatic carbocycles. The summed E-state index contributed by atoms with van der Waals surface area (Å²) in [5.74, 6) is 0.444. The Labute approximate surface area is 164 Å². The van der Waals surface area contributed by atoms with E-state index in [2.05, 4.69) is 28.2 Å². The molecule has 0 radical (unpaired) electrons. The van der Waals surface area contributed by atoms with E-state index >= 15 is 0 Å². The van der Waals surface area contributed by atoms with E-state index in [0.29, 0.717) is 12.5 Å². The minimum absolute atomic E-state index is 0.0806. The lowest BCUT2D eigenvalue weighted by Gasteiger charge is -2.31. The topological polar surface area (TPSA) is 68.2 Å². The van der Waals surface area contributed by atoms with Crippen molar-refractivity contribution in [1.29, 1.82) is 0 Å². The molecule has 3 aromatic heterocycles. The number of hydrogen-bond acceptors (Lipinski definition) is 5. The molecule has 0 saturated carbocycles. The average Bonchev–Trinajstić information content (AvgIpc) is 2.77. The molecule has 0 bridgehead atoms. The van der Waals surface area contributed by atoms with E-state index < -0.39 is 0 Å². The highest BCUT2D eigenvalue weighted by Gasteiger charge is 2.24. The molecule has 1 amide bonds. The minimum Gasteiger partial charge on any atom is -0.372 e. The molecular formula is C22H24N4O2. The van der Waals surface area contributed by atoms with Gasteiger partial charge >= 0.3 is 0 Å². The highest BCUT2D eigenvalue weighted by molar-refractivity contribution is 5.81. The van der Waals surface area contributed by atoms with Crippen molar-refractivity contribution < 1.29 is 9.53 Å². The van der Waals surface area contributed by atoms with Gasteiger partial charge in [0.2, 0.25) is 5.91 Å². The van der Waals surface area contributed by atoms with Crippen molar-refractivity contribution >= 4 is 16.9 Å². The molecular weight excluding hydrogens is 352 g/mol. The lowest BCUT2D eigenvalue weighted by Crippen LogP contribution is -2.40. The monoisotopic (exact) mass is 376 g/mol. The first-order valence-corrected chi connectivity index (χ1v) is 9.77. The van der Waals surface area contributed by atoms with E-state index in [1.165, 1.54) is 0 Å². The molecule has 4 heterocycles. The first kappa shape index (κ1) is 18.5. The summed E-state index contributed by atoms with van der Waals surface area (Å²) in [5, 5.41) is 1.03. The molecule has 1 fully saturated rings. The summed E-state index contributed by atoms with van der Waals surface area (Å²) in [4.78, 5) is 27.4. The number of nitrogens with zero attached hydrogens (tertiary/aromatic N) is 4. The Morgan fingerprint density at radius 1 is 1.14 bits per heavy atom. The maximum Gasteiger partial charge on any atom is 0.248 e. The maximum atomic E-state index is 12.1. The van der Waals surface area contributed by atoms with Gasteiger partial charge in [-0.15, -0.1) is 0 Å². The predicted octanol–water partition coefficient (Wildman–Crippen LogP) is 3.43. The normalized spacial score (nSPS) is 15.1. The fourth-order valence-corrected chi connectivity index (χ4v) is 3.66. The second-order valence-electron chi connectivity index (χ2n) is 7.03. The van der Waals surface area contributed by atoms with Gasteiger partial charge in [-0.3, -0.25) is 9.78 Å². The van der Waals surface area contributed by atoms with Crippen LogP contribution in [0.4, 0.5) is 0 Å². The molecule has 3 aromatic rings. The van der Waals surface area contributed by atoms with E-state index in [1.54, 1.807) is 12.4 Å². The van der Waals surface area contributed by atoms with Gasteiger partial charge in [0, 0.05) is 60.8 Å². The van der Waals surface area contributed by atoms with Gasteiger partial charge in [-0.2, -0.15) is 0 Å². The molecule has 144 valence electrons. The molecule has 0 atom stereocenters. The van der Waals surface area contributed by atoms with Gasteiger partial charge in [-0.25, -0.2) is 9.97 Å². The van der Waals surface area contributed by atoms with Gasteiger partial charge in [0.25, 0.3) is 0 Å². The van der Waals surface area contributed by atoms with Gasteiger partial charge in [0.05, 0.1) is 0 Å². The highest BCUT2D eigenvalue weighted by Crippen LogP contribution is 2.29. The number of amides is 1. The predicted molar refractivity (Wildman–Crippen MR) is 108 cm³/mol. The van der Waals surface area contributed by atoms with Crippen LogP contribution in [0.3, 0.4) is 0 Å². The van der Waals surface area contributed by atoms with Crippen LogP contribution in [0.1, 0.15) is 31.4 Å². The number of pyridine rings is 3. The third kappa shape index (κ3) is 4.02. The molecule has 1 saturated heterocycles. The molecule has 0 N–H and O–H groups in total. The van der Waals surface area contributed by atoms with Gasteiger partial charge in [-0.05, 0) is 55.7 Å². The van der Waals surface area contributed by atoms with Crippen LogP contribution in [-0.2, 0) is 9.53 Å². The second kappa shape index (κ2) is 8.44. The lowest BCUT2D eigenvalue weighted by molar-refractivity contribution is -0.137. The van der Waals surface area contributed by atoms with E-state index in [4.69, 9.17) is 9.72 Å². The summed E-state index contributed by atoms with van der Waals surface area (Å²) in [6.07, 6.45) is 7.28. The summed E-state index contributed by atoms with van der Waals surface area (Å²) in [7, 11) is 0. The number of carbonyl (C=O) groups excluding carboxylic acids is 1. The van der Waals surface area contributed by atoms with Crippen molar-refractivity contribution in [2.75, 3.05) is 26.3 Å². The van der Waals surface area contributed by atoms with Crippen LogP contribution in [0.5, 0.6) is 0 Å². The summed E-state index contributed by atoms with van der Waals surface area (Å²) < 4.78 is 5.23. The van der Waals surface area contributed by atoms with Crippen molar-refractivity contribution in [2.24, 2.45) is 0 Å². The number of piperidine rings is 1. The van der Waals surface area contributed by atoms with Crippen LogP contribution in [0, 0.1) is 0 Å². The first-order valence-electron chi connectivity index (χ1n) is 9.77. The highest BCUT2D eigenvalue weighted by atomic mass is 16.5. The Kier molecular flexibility index (Phi) is 5.58. The van der Waals surface area contributed by atoms with E-state index in [1.807, 2.05) is 30.2 Å². The van der Waals surface area contributed by atoms with Gasteiger partial charge in [0.1, 0.15) is 6.61 Å². The smallest absolute Gasteiger partial charge is 0.248 e. The van der Waals surface area contributed by atoms with Gasteiger partial charge in [0.15, 0.2) is 5.65 Å². The zero-order valence-electron chi connectivity index (χ0n) is 16.0. The van der Waals surface area contributed by atoms with E-state index in [9.17, 15) is 4.79 Å². The Hall–Kier alpha value is -2.86. The van der Waals surface area contributed by atoms with Crippen molar-refractivity contribution in [3.63, 3.8) is 0 Å². The fourth-order valence-electron chi connectivity index (χ4n) is 3.66. The number of likely N-dealkylation sites (tertiary alicyclic amines) is 1. The number of fused-ring (bicyclic) bond motifs is 1. The maximum absolute atomic E-state index is 12.1. The minimum atomic E-state index is 0.0806. The Morgan fingerprint density at radius 3 is 2.68 bits per heavy atom. The van der Waals surface area contributed by atoms with Crippen molar-refractivity contribution in [1.82, 2.24) is 19.9 Å². The van der Waals surface area contributed by atoms with Crippen LogP contribution >= 0.6 is 0 Å². The van der Waals surface area contributed by atoms with Crippen molar-refractivity contribution in [3.8, 4) is 11.1 Å². The summed E-state index contributed by atoms with van der Waals surface area (Å²) in [5.41, 5.74) is 3.99. The largest absolute Gasteiger partial charge is 0.372 e. The quantitative estimate of drug-likeness (QED) is 0.682. The number of rotatable bonds is 5. The molecule has 6 nitrogen and oxygen atoms in total. The average molecular weight is 376 g/mol. The van der Waals surface area contributed by atoms with E-state index in [-0.39, 0.29) is 12.5 Å². The molecule has 4 rings (SSSR count). The van der Waals surface area contributed by atoms with Gasteiger partial charge < -0.3 is 9.64 Å². The fraction of sp³-hybridized carbons (Fsp3) is 0.364. The molecule has 28 heavy (non-hydrogen) atoms. The summed E-state index contributed by atoms with van der Waals surface area (Å²) in [6.45, 7) is 4.16. The molecule has 1 aliphatic heterocycles. The first-order chi connectivity index (χ1) is 13.7. The van der Waals surface area contributed by atoms with Crippen LogP contribution in [0.15, 0.2) is 48.9 Å². The second-order valence-corrected chi connectivity index (χ2v) is 7.03. The molecule has 0 unspecified atom stereocenters. The molecule has 1 aliphatic rings. The molecule has 6 heteroatoms. The van der Waals surface area contributed by atoms with Crippen LogP contribution in [0.2, 0.25) is 0 Å². The number of aromatic nitrogens is 3. The third-order valence-corrected chi connectivity index (χ3v) is 5.27. The lowest BCUT2D eigenvalue weighted by atomic mass is 9.92. The van der Waals surface area contributed by atoms with Crippen molar-refractivity contribution in [3.05, 3.63) is 54.6 Å². The SMILES string of the molecule is CCOCC(=O)N1CCC(c2ccc3cc(-c4ccncc4)cnc3n2)CC1. The number of carbonyl (C=O) groups is 1. The van der Waals surface area contributed by atoms with Crippen LogP contribution in [-0.4, -0.2) is 52.1 Å². The van der Waals surface area contributed by atoms with E-state index in [0.717, 1.165) is 53.8 Å². The Morgan fingerprint density at radius 2 is 1.93 bits per heavy atom. The van der Waals surface area contributed by atoms with Crippen LogP contribution in [0.25, 0.3) is 22.2 Å². The molecule has 0 aliphatic carbocycles. The standard InChI is InChI=1S/C22H24N4O2/c1-2-28-15-21(27)26-11-7-17(8-12-26)20-4-3-18-13-19(14-24-22(18)25-20)16-5-9-23-10-6-16/h3-6,9-10,13-14,17H,2,7-8,11-12,15H2,1H3. The molecule has 0 spiro atoms. The van der Waals surface area contributed by atoms with Crippen LogP contribution < -0.4 is 0 Å². The van der Waals surface area contributed by atoms with Crippen molar-refractivity contribution in [2.45, 2.75) is 25.7 Å². The third-order valence-electron chi connectivity index (χ3n) is 5.27. The zero-order valence-corrected chi connectivity index (χ0v) is 16.0.